The number of nitrogens with one attached hydrogen (secondary N) is 1. The number of benzene rings is 1. The molecule has 2 heterocycles. The van der Waals surface area contributed by atoms with Crippen LogP contribution in [0.1, 0.15) is 58.7 Å². The van der Waals surface area contributed by atoms with Gasteiger partial charge in [-0.2, -0.15) is 0 Å². The van der Waals surface area contributed by atoms with Crippen LogP contribution in [0.2, 0.25) is 0 Å². The molecule has 2 unspecified atom stereocenters. The molecule has 0 bridgehead atoms. The molecule has 1 aromatic heterocycles. The third-order valence-corrected chi connectivity index (χ3v) is 6.38. The standard InChI is InChI=1S/C25H37N3O2/c1-6-28(7-2)24(29)15-19-12-13-26-17-20(19)14-22-16-23(30-27-22)18-8-10-21(11-9-18)25(3,4)5/h8-11,16,19-20,26H,6-7,12-15,17H2,1-5H3. The smallest absolute Gasteiger partial charge is 0.222 e. The molecule has 5 nitrogen and oxygen atoms in total. The molecule has 1 aromatic carbocycles. The zero-order valence-electron chi connectivity index (χ0n) is 19.2. The van der Waals surface area contributed by atoms with Crippen LogP contribution in [0, 0.1) is 11.8 Å². The molecule has 0 saturated carbocycles. The van der Waals surface area contributed by atoms with Gasteiger partial charge in [0.25, 0.3) is 0 Å². The highest BCUT2D eigenvalue weighted by atomic mass is 16.5. The van der Waals surface area contributed by atoms with Crippen molar-refractivity contribution in [1.29, 1.82) is 0 Å². The molecule has 1 N–H and O–H groups in total. The Labute approximate surface area is 181 Å². The summed E-state index contributed by atoms with van der Waals surface area (Å²) in [5.41, 5.74) is 3.46. The Morgan fingerprint density at radius 3 is 2.50 bits per heavy atom. The van der Waals surface area contributed by atoms with E-state index in [9.17, 15) is 4.79 Å². The number of nitrogens with zero attached hydrogens (tertiary/aromatic N) is 2. The van der Waals surface area contributed by atoms with Gasteiger partial charge >= 0.3 is 0 Å². The van der Waals surface area contributed by atoms with E-state index in [-0.39, 0.29) is 11.3 Å². The number of aromatic nitrogens is 1. The van der Waals surface area contributed by atoms with E-state index in [1.54, 1.807) is 0 Å². The van der Waals surface area contributed by atoms with Gasteiger partial charge in [-0.3, -0.25) is 4.79 Å². The van der Waals surface area contributed by atoms with Crippen molar-refractivity contribution in [3.05, 3.63) is 41.6 Å². The second-order valence-corrected chi connectivity index (χ2v) is 9.50. The Balaban J connectivity index is 1.67. The van der Waals surface area contributed by atoms with Crippen LogP contribution < -0.4 is 5.32 Å². The topological polar surface area (TPSA) is 58.4 Å². The summed E-state index contributed by atoms with van der Waals surface area (Å²) in [6.07, 6.45) is 2.51. The predicted molar refractivity (Wildman–Crippen MR) is 121 cm³/mol. The maximum absolute atomic E-state index is 12.6. The van der Waals surface area contributed by atoms with Crippen molar-refractivity contribution >= 4 is 5.91 Å². The van der Waals surface area contributed by atoms with Crippen molar-refractivity contribution < 1.29 is 9.32 Å². The van der Waals surface area contributed by atoms with E-state index < -0.39 is 0 Å². The van der Waals surface area contributed by atoms with Gasteiger partial charge in [0.15, 0.2) is 5.76 Å². The van der Waals surface area contributed by atoms with E-state index >= 15 is 0 Å². The minimum Gasteiger partial charge on any atom is -0.356 e. The molecular weight excluding hydrogens is 374 g/mol. The fourth-order valence-corrected chi connectivity index (χ4v) is 4.36. The van der Waals surface area contributed by atoms with Crippen molar-refractivity contribution in [3.63, 3.8) is 0 Å². The number of hydrogen-bond acceptors (Lipinski definition) is 4. The summed E-state index contributed by atoms with van der Waals surface area (Å²) in [5, 5.41) is 7.83. The molecule has 1 fully saturated rings. The van der Waals surface area contributed by atoms with Crippen LogP contribution in [-0.2, 0) is 16.6 Å². The van der Waals surface area contributed by atoms with Gasteiger partial charge in [-0.05, 0) is 62.6 Å². The highest BCUT2D eigenvalue weighted by molar-refractivity contribution is 5.76. The molecule has 0 spiro atoms. The number of hydrogen-bond donors (Lipinski definition) is 1. The van der Waals surface area contributed by atoms with Gasteiger partial charge in [-0.15, -0.1) is 0 Å². The molecule has 1 aliphatic rings. The minimum atomic E-state index is 0.136. The van der Waals surface area contributed by atoms with E-state index in [1.807, 2.05) is 18.7 Å². The lowest BCUT2D eigenvalue weighted by Gasteiger charge is -2.32. The molecule has 0 radical (unpaired) electrons. The molecule has 2 atom stereocenters. The lowest BCUT2D eigenvalue weighted by molar-refractivity contribution is -0.132. The fourth-order valence-electron chi connectivity index (χ4n) is 4.36. The summed E-state index contributed by atoms with van der Waals surface area (Å²) in [4.78, 5) is 14.6. The van der Waals surface area contributed by atoms with E-state index in [1.165, 1.54) is 5.56 Å². The highest BCUT2D eigenvalue weighted by Crippen LogP contribution is 2.30. The SMILES string of the molecule is CCN(CC)C(=O)CC1CCNCC1Cc1cc(-c2ccc(C(C)(C)C)cc2)on1. The molecule has 164 valence electrons. The highest BCUT2D eigenvalue weighted by Gasteiger charge is 2.29. The van der Waals surface area contributed by atoms with Gasteiger partial charge in [-0.25, -0.2) is 0 Å². The van der Waals surface area contributed by atoms with Crippen LogP contribution in [0.3, 0.4) is 0 Å². The van der Waals surface area contributed by atoms with Crippen LogP contribution in [0.5, 0.6) is 0 Å². The maximum Gasteiger partial charge on any atom is 0.222 e. The van der Waals surface area contributed by atoms with Gasteiger partial charge in [0.2, 0.25) is 5.91 Å². The molecule has 3 rings (SSSR count). The zero-order chi connectivity index (χ0) is 21.7. The summed E-state index contributed by atoms with van der Waals surface area (Å²) in [5.74, 6) is 1.88. The monoisotopic (exact) mass is 411 g/mol. The average molecular weight is 412 g/mol. The second-order valence-electron chi connectivity index (χ2n) is 9.50. The summed E-state index contributed by atoms with van der Waals surface area (Å²) in [6.45, 7) is 14.2. The number of carbonyl (C=O) groups is 1. The molecule has 5 heteroatoms. The van der Waals surface area contributed by atoms with E-state index in [0.29, 0.717) is 18.3 Å². The Morgan fingerprint density at radius 2 is 1.87 bits per heavy atom. The largest absolute Gasteiger partial charge is 0.356 e. The lowest BCUT2D eigenvalue weighted by atomic mass is 9.81. The molecule has 0 aliphatic carbocycles. The fraction of sp³-hybridized carbons (Fsp3) is 0.600. The van der Waals surface area contributed by atoms with Gasteiger partial charge in [0.05, 0.1) is 5.69 Å². The van der Waals surface area contributed by atoms with Crippen LogP contribution in [-0.4, -0.2) is 42.1 Å². The molecule has 1 saturated heterocycles. The summed E-state index contributed by atoms with van der Waals surface area (Å²) in [7, 11) is 0. The van der Waals surface area contributed by atoms with Crippen molar-refractivity contribution in [2.75, 3.05) is 26.2 Å². The zero-order valence-corrected chi connectivity index (χ0v) is 19.2. The summed E-state index contributed by atoms with van der Waals surface area (Å²) >= 11 is 0. The van der Waals surface area contributed by atoms with Gasteiger partial charge in [-0.1, -0.05) is 50.2 Å². The maximum atomic E-state index is 12.6. The Bertz CT molecular complexity index is 816. The summed E-state index contributed by atoms with van der Waals surface area (Å²) in [6, 6.07) is 10.6. The number of rotatable bonds is 7. The number of amides is 1. The third-order valence-electron chi connectivity index (χ3n) is 6.38. The molecule has 1 amide bonds. The van der Waals surface area contributed by atoms with Gasteiger partial charge in [0, 0.05) is 31.1 Å². The van der Waals surface area contributed by atoms with Gasteiger partial charge in [0.1, 0.15) is 0 Å². The molecule has 1 aliphatic heterocycles. The first-order chi connectivity index (χ1) is 14.3. The van der Waals surface area contributed by atoms with Crippen LogP contribution in [0.15, 0.2) is 34.9 Å². The normalized spacial score (nSPS) is 19.6. The lowest BCUT2D eigenvalue weighted by Crippen LogP contribution is -2.41. The average Bonchev–Trinajstić information content (AvgIpc) is 3.18. The first kappa shape index (κ1) is 22.5. The number of carbonyl (C=O) groups excluding carboxylic acids is 1. The van der Waals surface area contributed by atoms with E-state index in [4.69, 9.17) is 4.52 Å². The minimum absolute atomic E-state index is 0.136. The first-order valence-electron chi connectivity index (χ1n) is 11.4. The van der Waals surface area contributed by atoms with E-state index in [2.05, 4.69) is 61.6 Å². The van der Waals surface area contributed by atoms with Crippen LogP contribution >= 0.6 is 0 Å². The molecule has 2 aromatic rings. The third kappa shape index (κ3) is 5.51. The van der Waals surface area contributed by atoms with Crippen molar-refractivity contribution in [2.45, 2.75) is 59.3 Å². The Kier molecular flexibility index (Phi) is 7.35. The molecule has 30 heavy (non-hydrogen) atoms. The van der Waals surface area contributed by atoms with Crippen LogP contribution in [0.4, 0.5) is 0 Å². The van der Waals surface area contributed by atoms with Crippen molar-refractivity contribution in [1.82, 2.24) is 15.4 Å². The van der Waals surface area contributed by atoms with E-state index in [0.717, 1.165) is 56.0 Å². The Morgan fingerprint density at radius 1 is 1.17 bits per heavy atom. The summed E-state index contributed by atoms with van der Waals surface area (Å²) < 4.78 is 5.66. The molecular formula is C25H37N3O2. The van der Waals surface area contributed by atoms with Gasteiger partial charge < -0.3 is 14.7 Å². The predicted octanol–water partition coefficient (Wildman–Crippen LogP) is 4.67. The quantitative estimate of drug-likeness (QED) is 0.719. The van der Waals surface area contributed by atoms with Crippen LogP contribution in [0.25, 0.3) is 11.3 Å². The Hall–Kier alpha value is -2.14. The first-order valence-corrected chi connectivity index (χ1v) is 11.4. The number of piperidine rings is 1. The second kappa shape index (κ2) is 9.78. The van der Waals surface area contributed by atoms with Crippen molar-refractivity contribution in [3.8, 4) is 11.3 Å². The van der Waals surface area contributed by atoms with Crippen molar-refractivity contribution in [2.24, 2.45) is 11.8 Å².